The van der Waals surface area contributed by atoms with Crippen molar-refractivity contribution >= 4 is 61.3 Å². The van der Waals surface area contributed by atoms with Crippen LogP contribution in [0, 0.1) is 5.82 Å². The molecule has 0 radical (unpaired) electrons. The van der Waals surface area contributed by atoms with Gasteiger partial charge in [-0.2, -0.15) is 0 Å². The number of carbonyl (C=O) groups is 1. The number of aromatic nitrogens is 3. The van der Waals surface area contributed by atoms with Gasteiger partial charge in [0.15, 0.2) is 0 Å². The summed E-state index contributed by atoms with van der Waals surface area (Å²) in [6.07, 6.45) is 4.56. The van der Waals surface area contributed by atoms with Crippen LogP contribution < -0.4 is 10.6 Å². The van der Waals surface area contributed by atoms with E-state index in [1.54, 1.807) is 34.6 Å². The van der Waals surface area contributed by atoms with Crippen LogP contribution in [0.3, 0.4) is 0 Å². The zero-order valence-corrected chi connectivity index (χ0v) is 19.4. The van der Waals surface area contributed by atoms with Crippen LogP contribution in [0.25, 0.3) is 26.8 Å². The van der Waals surface area contributed by atoms with E-state index in [4.69, 9.17) is 0 Å². The first-order valence-corrected chi connectivity index (χ1v) is 12.1. The number of urea groups is 1. The van der Waals surface area contributed by atoms with Crippen LogP contribution in [0.15, 0.2) is 72.4 Å². The minimum atomic E-state index is -0.333. The number of rotatable bonds is 4. The summed E-state index contributed by atoms with van der Waals surface area (Å²) >= 11 is 1.62. The van der Waals surface area contributed by atoms with Gasteiger partial charge in [-0.25, -0.2) is 19.2 Å². The van der Waals surface area contributed by atoms with E-state index in [9.17, 15) is 9.18 Å². The molecule has 2 aromatic carbocycles. The van der Waals surface area contributed by atoms with Gasteiger partial charge in [0, 0.05) is 41.7 Å². The van der Waals surface area contributed by atoms with E-state index < -0.39 is 0 Å². The zero-order valence-electron chi connectivity index (χ0n) is 18.6. The van der Waals surface area contributed by atoms with Crippen LogP contribution in [0.1, 0.15) is 12.1 Å². The van der Waals surface area contributed by atoms with E-state index in [1.165, 1.54) is 12.1 Å². The molecule has 1 aliphatic heterocycles. The molecule has 3 aromatic heterocycles. The van der Waals surface area contributed by atoms with Crippen molar-refractivity contribution in [1.29, 1.82) is 0 Å². The molecule has 5 aromatic rings. The maximum Gasteiger partial charge on any atom is 0.322 e. The van der Waals surface area contributed by atoms with Gasteiger partial charge in [0.25, 0.3) is 0 Å². The molecule has 2 amide bonds. The van der Waals surface area contributed by atoms with Gasteiger partial charge in [-0.05, 0) is 66.6 Å². The minimum Gasteiger partial charge on any atom is -0.355 e. The van der Waals surface area contributed by atoms with Crippen LogP contribution in [0.2, 0.25) is 0 Å². The molecule has 7 nitrogen and oxygen atoms in total. The van der Waals surface area contributed by atoms with Gasteiger partial charge in [0.1, 0.15) is 11.5 Å². The number of nitrogens with one attached hydrogen (secondary N) is 3. The smallest absolute Gasteiger partial charge is 0.322 e. The van der Waals surface area contributed by atoms with Crippen molar-refractivity contribution in [1.82, 2.24) is 19.9 Å². The van der Waals surface area contributed by atoms with E-state index in [1.807, 2.05) is 23.7 Å². The number of hydrogen-bond donors (Lipinski definition) is 3. The Kier molecular flexibility index (Phi) is 5.38. The molecule has 0 unspecified atom stereocenters. The van der Waals surface area contributed by atoms with Crippen LogP contribution in [0.5, 0.6) is 0 Å². The number of hydrogen-bond acceptors (Lipinski definition) is 5. The van der Waals surface area contributed by atoms with Gasteiger partial charge >= 0.3 is 6.03 Å². The highest BCUT2D eigenvalue weighted by molar-refractivity contribution is 7.16. The van der Waals surface area contributed by atoms with Crippen molar-refractivity contribution < 1.29 is 9.18 Å². The standard InChI is InChI=1S/C26H21FN6OS/c27-17-1-3-18(4-2-17)31-26(34)33-11-8-16(9-12-33)23-14-20-21(7-10-28-25(20)32-23)30-19-5-6-22-24(13-19)35-15-29-22/h1-8,10,13-15H,9,11-12H2,(H,31,34)(H2,28,30,32). The fourth-order valence-corrected chi connectivity index (χ4v) is 4.95. The van der Waals surface area contributed by atoms with Gasteiger partial charge in [-0.3, -0.25) is 0 Å². The number of fused-ring (bicyclic) bond motifs is 2. The number of amides is 2. The first-order valence-electron chi connectivity index (χ1n) is 11.2. The van der Waals surface area contributed by atoms with Gasteiger partial charge in [-0.1, -0.05) is 6.08 Å². The van der Waals surface area contributed by atoms with Gasteiger partial charge in [-0.15, -0.1) is 11.3 Å². The topological polar surface area (TPSA) is 85.9 Å². The van der Waals surface area contributed by atoms with Crippen molar-refractivity contribution in [3.8, 4) is 0 Å². The average molecular weight is 485 g/mol. The highest BCUT2D eigenvalue weighted by atomic mass is 32.1. The number of aromatic amines is 1. The highest BCUT2D eigenvalue weighted by Crippen LogP contribution is 2.31. The van der Waals surface area contributed by atoms with E-state index in [2.05, 4.69) is 43.8 Å². The van der Waals surface area contributed by atoms with E-state index in [-0.39, 0.29) is 11.8 Å². The number of nitrogens with zero attached hydrogens (tertiary/aromatic N) is 3. The fraction of sp³-hybridized carbons (Fsp3) is 0.115. The minimum absolute atomic E-state index is 0.199. The molecule has 1 aliphatic rings. The Labute approximate surface area is 204 Å². The summed E-state index contributed by atoms with van der Waals surface area (Å²) in [5.74, 6) is -0.333. The van der Waals surface area contributed by atoms with E-state index in [0.717, 1.165) is 43.9 Å². The number of benzene rings is 2. The summed E-state index contributed by atoms with van der Waals surface area (Å²) in [7, 11) is 0. The van der Waals surface area contributed by atoms with Crippen molar-refractivity contribution in [2.75, 3.05) is 23.7 Å². The Morgan fingerprint density at radius 3 is 2.74 bits per heavy atom. The van der Waals surface area contributed by atoms with Crippen molar-refractivity contribution in [3.05, 3.63) is 83.9 Å². The Morgan fingerprint density at radius 1 is 1.06 bits per heavy atom. The van der Waals surface area contributed by atoms with Gasteiger partial charge < -0.3 is 20.5 Å². The molecule has 0 aliphatic carbocycles. The summed E-state index contributed by atoms with van der Waals surface area (Å²) in [6, 6.07) is 15.8. The number of halogens is 1. The molecule has 174 valence electrons. The summed E-state index contributed by atoms with van der Waals surface area (Å²) in [4.78, 5) is 26.6. The average Bonchev–Trinajstić information content (AvgIpc) is 3.53. The zero-order chi connectivity index (χ0) is 23.8. The predicted octanol–water partition coefficient (Wildman–Crippen LogP) is 6.38. The number of H-pyrrole nitrogens is 1. The Hall–Kier alpha value is -4.24. The number of carbonyl (C=O) groups excluding carboxylic acids is 1. The molecular weight excluding hydrogens is 463 g/mol. The maximum absolute atomic E-state index is 13.1. The van der Waals surface area contributed by atoms with Gasteiger partial charge in [0.05, 0.1) is 21.4 Å². The lowest BCUT2D eigenvalue weighted by atomic mass is 10.0. The normalized spacial score (nSPS) is 13.7. The molecular formula is C26H21FN6OS. The lowest BCUT2D eigenvalue weighted by molar-refractivity contribution is 0.217. The largest absolute Gasteiger partial charge is 0.355 e. The third-order valence-corrected chi connectivity index (χ3v) is 6.87. The quantitative estimate of drug-likeness (QED) is 0.276. The molecule has 0 saturated carbocycles. The molecule has 4 heterocycles. The third-order valence-electron chi connectivity index (χ3n) is 6.08. The molecule has 3 N–H and O–H groups in total. The SMILES string of the molecule is O=C(Nc1ccc(F)cc1)N1CC=C(c2cc3c(Nc4ccc5ncsc5c4)ccnc3[nH]2)CC1. The molecule has 0 atom stereocenters. The Bertz CT molecular complexity index is 1570. The number of anilines is 3. The summed E-state index contributed by atoms with van der Waals surface area (Å²) in [6.45, 7) is 1.08. The second-order valence-electron chi connectivity index (χ2n) is 8.33. The van der Waals surface area contributed by atoms with Crippen LogP contribution >= 0.6 is 11.3 Å². The van der Waals surface area contributed by atoms with E-state index >= 15 is 0 Å². The second kappa shape index (κ2) is 8.84. The van der Waals surface area contributed by atoms with Crippen LogP contribution in [0.4, 0.5) is 26.2 Å². The van der Waals surface area contributed by atoms with Crippen molar-refractivity contribution in [2.45, 2.75) is 6.42 Å². The first kappa shape index (κ1) is 21.3. The van der Waals surface area contributed by atoms with Crippen molar-refractivity contribution in [2.24, 2.45) is 0 Å². The Balaban J connectivity index is 1.19. The lowest BCUT2D eigenvalue weighted by Crippen LogP contribution is -2.37. The monoisotopic (exact) mass is 484 g/mol. The molecule has 6 rings (SSSR count). The maximum atomic E-state index is 13.1. The highest BCUT2D eigenvalue weighted by Gasteiger charge is 2.19. The van der Waals surface area contributed by atoms with Crippen LogP contribution in [-0.2, 0) is 0 Å². The summed E-state index contributed by atoms with van der Waals surface area (Å²) < 4.78 is 14.2. The van der Waals surface area contributed by atoms with E-state index in [0.29, 0.717) is 25.2 Å². The molecule has 0 spiro atoms. The molecule has 9 heteroatoms. The summed E-state index contributed by atoms with van der Waals surface area (Å²) in [5, 5.41) is 7.33. The lowest BCUT2D eigenvalue weighted by Gasteiger charge is -2.26. The predicted molar refractivity (Wildman–Crippen MR) is 139 cm³/mol. The molecule has 0 fully saturated rings. The molecule has 0 saturated heterocycles. The molecule has 35 heavy (non-hydrogen) atoms. The fourth-order valence-electron chi connectivity index (χ4n) is 4.23. The first-order chi connectivity index (χ1) is 17.1. The Morgan fingerprint density at radius 2 is 1.91 bits per heavy atom. The number of pyridine rings is 1. The third kappa shape index (κ3) is 4.33. The summed E-state index contributed by atoms with van der Waals surface area (Å²) in [5.41, 5.74) is 8.33. The second-order valence-corrected chi connectivity index (χ2v) is 9.21. The van der Waals surface area contributed by atoms with Crippen LogP contribution in [-0.4, -0.2) is 39.0 Å². The van der Waals surface area contributed by atoms with Crippen molar-refractivity contribution in [3.63, 3.8) is 0 Å². The number of thiazole rings is 1. The molecule has 0 bridgehead atoms. The van der Waals surface area contributed by atoms with Gasteiger partial charge in [0.2, 0.25) is 0 Å².